The Morgan fingerprint density at radius 1 is 0.292 bits per heavy atom. The van der Waals surface area contributed by atoms with E-state index in [-0.39, 0.29) is 25.7 Å². The number of carbonyl (C=O) groups excluding carboxylic acids is 4. The number of ether oxygens (including phenoxy) is 4. The van der Waals surface area contributed by atoms with E-state index in [0.717, 1.165) is 120 Å². The Morgan fingerprint density at radius 2 is 0.500 bits per heavy atom. The third-order valence-electron chi connectivity index (χ3n) is 18.2. The van der Waals surface area contributed by atoms with Crippen LogP contribution in [0.3, 0.4) is 0 Å². The summed E-state index contributed by atoms with van der Waals surface area (Å²) in [6.45, 7) is 14.2. The Labute approximate surface area is 588 Å². The van der Waals surface area contributed by atoms with Crippen LogP contribution in [0.4, 0.5) is 0 Å². The topological polar surface area (TPSA) is 237 Å². The number of aliphatic hydroxyl groups is 1. The number of rotatable bonds is 74. The van der Waals surface area contributed by atoms with Gasteiger partial charge in [0.05, 0.1) is 26.4 Å². The molecule has 96 heavy (non-hydrogen) atoms. The molecule has 19 heteroatoms. The van der Waals surface area contributed by atoms with Gasteiger partial charge in [0, 0.05) is 25.7 Å². The maximum atomic E-state index is 13.1. The van der Waals surface area contributed by atoms with Crippen LogP contribution in [0, 0.1) is 23.7 Å². The largest absolute Gasteiger partial charge is 0.472 e. The summed E-state index contributed by atoms with van der Waals surface area (Å²) in [6.07, 6.45) is 51.5. The molecule has 0 radical (unpaired) electrons. The second-order valence-electron chi connectivity index (χ2n) is 29.4. The first-order valence-corrected chi connectivity index (χ1v) is 42.7. The molecule has 3 unspecified atom stereocenters. The van der Waals surface area contributed by atoms with Crippen molar-refractivity contribution in [1.82, 2.24) is 0 Å². The summed E-state index contributed by atoms with van der Waals surface area (Å²) in [6, 6.07) is 0. The fraction of sp³-hybridized carbons (Fsp3) is 0.948. The average Bonchev–Trinajstić information content (AvgIpc) is 2.43. The van der Waals surface area contributed by atoms with E-state index in [1.54, 1.807) is 0 Å². The summed E-state index contributed by atoms with van der Waals surface area (Å²) >= 11 is 0. The molecule has 0 saturated heterocycles. The van der Waals surface area contributed by atoms with Crippen LogP contribution in [0.25, 0.3) is 0 Å². The van der Waals surface area contributed by atoms with Gasteiger partial charge in [-0.3, -0.25) is 37.3 Å². The molecule has 0 aliphatic heterocycles. The number of unbranched alkanes of at least 4 members (excludes halogenated alkanes) is 39. The number of hydrogen-bond donors (Lipinski definition) is 3. The van der Waals surface area contributed by atoms with E-state index in [0.29, 0.717) is 25.7 Å². The standard InChI is InChI=1S/C77H150O17P2/c1-9-70(8)56-48-40-35-36-42-50-58-75(80)88-64-73(94-77(82)60-52-44-34-27-21-20-24-30-38-46-54-68(4)5)66-92-96(85,86)90-62-71(78)61-89-95(83,84)91-65-72(63-87-74(79)57-49-41-32-28-22-25-31-39-47-55-69(6)7)93-76(81)59-51-43-33-26-19-17-15-13-11-10-12-14-16-18-23-29-37-45-53-67(2)3/h67-73,78H,9-66H2,1-8H3,(H,83,84)(H,85,86)/t70?,71-,72-,73-/m1/s1. The van der Waals surface area contributed by atoms with Gasteiger partial charge >= 0.3 is 39.5 Å². The molecule has 0 saturated carbocycles. The van der Waals surface area contributed by atoms with Crippen molar-refractivity contribution >= 4 is 39.5 Å². The van der Waals surface area contributed by atoms with E-state index in [4.69, 9.17) is 37.0 Å². The van der Waals surface area contributed by atoms with Crippen LogP contribution in [0.15, 0.2) is 0 Å². The molecule has 6 atom stereocenters. The van der Waals surface area contributed by atoms with Crippen molar-refractivity contribution in [1.29, 1.82) is 0 Å². The van der Waals surface area contributed by atoms with Crippen molar-refractivity contribution in [3.63, 3.8) is 0 Å². The summed E-state index contributed by atoms with van der Waals surface area (Å²) in [4.78, 5) is 72.8. The Kier molecular flexibility index (Phi) is 65.0. The second kappa shape index (κ2) is 66.3. The molecule has 0 aromatic carbocycles. The van der Waals surface area contributed by atoms with Gasteiger partial charge < -0.3 is 33.8 Å². The Balaban J connectivity index is 5.21. The molecule has 0 aromatic rings. The molecule has 0 fully saturated rings. The maximum absolute atomic E-state index is 13.1. The highest BCUT2D eigenvalue weighted by Crippen LogP contribution is 2.45. The molecule has 17 nitrogen and oxygen atoms in total. The summed E-state index contributed by atoms with van der Waals surface area (Å²) in [5.74, 6) is 0.925. The van der Waals surface area contributed by atoms with Gasteiger partial charge in [0.1, 0.15) is 19.3 Å². The number of esters is 4. The van der Waals surface area contributed by atoms with Crippen molar-refractivity contribution < 1.29 is 80.2 Å². The molecule has 0 bridgehead atoms. The van der Waals surface area contributed by atoms with Crippen molar-refractivity contribution in [2.45, 2.75) is 408 Å². The molecule has 0 aliphatic rings. The predicted octanol–water partition coefficient (Wildman–Crippen LogP) is 22.4. The van der Waals surface area contributed by atoms with E-state index in [1.807, 2.05) is 0 Å². The third-order valence-corrected chi connectivity index (χ3v) is 20.1. The second-order valence-corrected chi connectivity index (χ2v) is 32.3. The lowest BCUT2D eigenvalue weighted by Crippen LogP contribution is -2.30. The minimum absolute atomic E-state index is 0.105. The quantitative estimate of drug-likeness (QED) is 0.0222. The Bertz CT molecular complexity index is 1890. The lowest BCUT2D eigenvalue weighted by molar-refractivity contribution is -0.161. The highest BCUT2D eigenvalue weighted by atomic mass is 31.2. The molecule has 0 aromatic heterocycles. The van der Waals surface area contributed by atoms with Gasteiger partial charge in [-0.25, -0.2) is 9.13 Å². The first-order valence-electron chi connectivity index (χ1n) is 39.7. The van der Waals surface area contributed by atoms with E-state index in [1.165, 1.54) is 186 Å². The maximum Gasteiger partial charge on any atom is 0.472 e. The normalized spacial score (nSPS) is 14.4. The van der Waals surface area contributed by atoms with Gasteiger partial charge in [-0.1, -0.05) is 338 Å². The molecule has 0 amide bonds. The smallest absolute Gasteiger partial charge is 0.462 e. The summed E-state index contributed by atoms with van der Waals surface area (Å²) < 4.78 is 68.5. The lowest BCUT2D eigenvalue weighted by Gasteiger charge is -2.21. The first kappa shape index (κ1) is 94.1. The molecule has 3 N–H and O–H groups in total. The number of phosphoric ester groups is 2. The predicted molar refractivity (Wildman–Crippen MR) is 391 cm³/mol. The average molecular weight is 1410 g/mol. The van der Waals surface area contributed by atoms with Crippen molar-refractivity contribution in [2.75, 3.05) is 39.6 Å². The highest BCUT2D eigenvalue weighted by molar-refractivity contribution is 7.47. The van der Waals surface area contributed by atoms with Gasteiger partial charge in [-0.15, -0.1) is 0 Å². The first-order chi connectivity index (χ1) is 46.1. The molecule has 0 heterocycles. The van der Waals surface area contributed by atoms with E-state index < -0.39 is 97.5 Å². The fourth-order valence-corrected chi connectivity index (χ4v) is 13.3. The van der Waals surface area contributed by atoms with Crippen molar-refractivity contribution in [3.8, 4) is 0 Å². The molecular weight excluding hydrogens is 1260 g/mol. The zero-order valence-electron chi connectivity index (χ0n) is 63.0. The SMILES string of the molecule is CCC(C)CCCCCCCCC(=O)OC[C@H](COP(=O)(O)OC[C@H](O)COP(=O)(O)OC[C@@H](COC(=O)CCCCCCCCCCCC(C)C)OC(=O)CCCCCCCCCCCCCCCCCCCCC(C)C)OC(=O)CCCCCCCCCCCCC(C)C. The molecular formula is C77H150O17P2. The zero-order valence-corrected chi connectivity index (χ0v) is 64.8. The summed E-state index contributed by atoms with van der Waals surface area (Å²) in [5.41, 5.74) is 0. The van der Waals surface area contributed by atoms with Gasteiger partial charge in [-0.05, 0) is 49.4 Å². The third kappa shape index (κ3) is 69.2. The molecule has 0 rings (SSSR count). The minimum atomic E-state index is -4.96. The van der Waals surface area contributed by atoms with Crippen molar-refractivity contribution in [3.05, 3.63) is 0 Å². The number of aliphatic hydroxyl groups excluding tert-OH is 1. The lowest BCUT2D eigenvalue weighted by atomic mass is 10.00. The van der Waals surface area contributed by atoms with Crippen LogP contribution in [0.2, 0.25) is 0 Å². The van der Waals surface area contributed by atoms with Gasteiger partial charge in [-0.2, -0.15) is 0 Å². The van der Waals surface area contributed by atoms with Crippen LogP contribution >= 0.6 is 15.6 Å². The fourth-order valence-electron chi connectivity index (χ4n) is 11.7. The van der Waals surface area contributed by atoms with E-state index in [2.05, 4.69) is 55.4 Å². The Morgan fingerprint density at radius 3 is 0.740 bits per heavy atom. The van der Waals surface area contributed by atoms with Crippen LogP contribution in [0.1, 0.15) is 389 Å². The van der Waals surface area contributed by atoms with Crippen LogP contribution in [-0.4, -0.2) is 96.7 Å². The summed E-state index contributed by atoms with van der Waals surface area (Å²) in [5, 5.41) is 10.6. The van der Waals surface area contributed by atoms with Crippen molar-refractivity contribution in [2.24, 2.45) is 23.7 Å². The highest BCUT2D eigenvalue weighted by Gasteiger charge is 2.30. The monoisotopic (exact) mass is 1410 g/mol. The van der Waals surface area contributed by atoms with Crippen LogP contribution < -0.4 is 0 Å². The van der Waals surface area contributed by atoms with Gasteiger partial charge in [0.25, 0.3) is 0 Å². The molecule has 0 spiro atoms. The number of phosphoric acid groups is 2. The number of hydrogen-bond acceptors (Lipinski definition) is 15. The van der Waals surface area contributed by atoms with E-state index in [9.17, 15) is 43.2 Å². The number of carbonyl (C=O) groups is 4. The van der Waals surface area contributed by atoms with Crippen LogP contribution in [-0.2, 0) is 65.4 Å². The summed E-state index contributed by atoms with van der Waals surface area (Å²) in [7, 11) is -9.91. The van der Waals surface area contributed by atoms with Gasteiger partial charge in [0.2, 0.25) is 0 Å². The van der Waals surface area contributed by atoms with Gasteiger partial charge in [0.15, 0.2) is 12.2 Å². The minimum Gasteiger partial charge on any atom is -0.462 e. The van der Waals surface area contributed by atoms with E-state index >= 15 is 0 Å². The molecule has 0 aliphatic carbocycles. The molecule has 570 valence electrons. The zero-order chi connectivity index (χ0) is 71.0. The van der Waals surface area contributed by atoms with Crippen LogP contribution in [0.5, 0.6) is 0 Å². The Hall–Kier alpha value is -1.94.